The molecule has 0 amide bonds. The first-order chi connectivity index (χ1) is 10.7. The van der Waals surface area contributed by atoms with Crippen molar-refractivity contribution in [3.05, 3.63) is 38.9 Å². The van der Waals surface area contributed by atoms with Crippen LogP contribution in [0.4, 0.5) is 32.0 Å². The van der Waals surface area contributed by atoms with E-state index in [2.05, 4.69) is 4.74 Å². The van der Waals surface area contributed by atoms with Crippen molar-refractivity contribution in [2.45, 2.75) is 24.6 Å². The maximum atomic E-state index is 12.4. The summed E-state index contributed by atoms with van der Waals surface area (Å²) in [4.78, 5) is 20.7. The quantitative estimate of drug-likeness (QED) is 0.346. The number of hydrogen-bond donors (Lipinski definition) is 0. The fourth-order valence-electron chi connectivity index (χ4n) is 1.40. The minimum atomic E-state index is -6.48. The molecule has 24 heavy (non-hydrogen) atoms. The number of nitrogens with zero attached hydrogens (tertiary/aromatic N) is 1. The van der Waals surface area contributed by atoms with Crippen molar-refractivity contribution >= 4 is 23.3 Å². The molecule has 0 N–H and O–H groups in total. The molecule has 0 atom stereocenters. The predicted molar refractivity (Wildman–Crippen MR) is 62.7 cm³/mol. The van der Waals surface area contributed by atoms with E-state index in [0.717, 1.165) is 18.2 Å². The molecule has 0 heterocycles. The molecule has 1 aromatic rings. The van der Waals surface area contributed by atoms with Crippen LogP contribution < -0.4 is 5.11 Å². The van der Waals surface area contributed by atoms with Gasteiger partial charge in [0.1, 0.15) is 6.61 Å². The number of carbonyl (C=O) groups excluding carboxylic acids is 1. The van der Waals surface area contributed by atoms with E-state index in [1.165, 1.54) is 0 Å². The van der Waals surface area contributed by atoms with Crippen LogP contribution in [0, 0.1) is 10.1 Å². The number of alkyl halides is 6. The summed E-state index contributed by atoms with van der Waals surface area (Å²) in [7, 11) is 0. The lowest BCUT2D eigenvalue weighted by atomic mass is 10.0. The van der Waals surface area contributed by atoms with E-state index in [-0.39, 0.29) is 5.56 Å². The van der Waals surface area contributed by atoms with Gasteiger partial charge in [0.2, 0.25) is 0 Å². The second-order valence-electron chi connectivity index (χ2n) is 4.29. The van der Waals surface area contributed by atoms with Gasteiger partial charge in [-0.25, -0.2) is 0 Å². The van der Waals surface area contributed by atoms with Crippen LogP contribution in [0.3, 0.4) is 0 Å². The van der Waals surface area contributed by atoms with Crippen LogP contribution in [0.5, 0.6) is 0 Å². The highest BCUT2D eigenvalue weighted by Crippen LogP contribution is 2.41. The molecule has 0 saturated carbocycles. The Morgan fingerprint density at radius 1 is 1.17 bits per heavy atom. The topological polar surface area (TPSA) is 92.5 Å². The van der Waals surface area contributed by atoms with Gasteiger partial charge in [-0.15, -0.1) is 0 Å². The average molecular weight is 381 g/mol. The van der Waals surface area contributed by atoms with E-state index in [1.807, 2.05) is 0 Å². The van der Waals surface area contributed by atoms with Crippen molar-refractivity contribution in [2.75, 3.05) is 0 Å². The number of nitro groups is 1. The molecule has 0 aliphatic rings. The normalized spacial score (nSPS) is 12.8. The van der Waals surface area contributed by atoms with Crippen LogP contribution in [-0.4, -0.2) is 28.8 Å². The molecule has 1 rings (SSSR count). The molecule has 0 aliphatic heterocycles. The van der Waals surface area contributed by atoms with Crippen LogP contribution in [0.1, 0.15) is 5.56 Å². The molecule has 0 fully saturated rings. The molecule has 0 aliphatic carbocycles. The Morgan fingerprint density at radius 2 is 1.67 bits per heavy atom. The first kappa shape index (κ1) is 20.0. The minimum absolute atomic E-state index is 0.331. The second-order valence-corrected chi connectivity index (χ2v) is 4.69. The summed E-state index contributed by atoms with van der Waals surface area (Å²) in [6.07, 6.45) is -13.0. The largest absolute Gasteiger partial charge is 0.828 e. The van der Waals surface area contributed by atoms with Crippen molar-refractivity contribution in [3.63, 3.8) is 0 Å². The lowest BCUT2D eigenvalue weighted by Gasteiger charge is -2.40. The van der Waals surface area contributed by atoms with Crippen LogP contribution in [0.15, 0.2) is 18.2 Å². The molecule has 0 spiro atoms. The number of carbonyl (C=O) groups is 1. The Bertz CT molecular complexity index is 645. The van der Waals surface area contributed by atoms with Crippen LogP contribution >= 0.6 is 11.6 Å². The molecular weight excluding hydrogens is 376 g/mol. The van der Waals surface area contributed by atoms with Gasteiger partial charge in [-0.1, -0.05) is 11.6 Å². The van der Waals surface area contributed by atoms with Crippen LogP contribution in [0.25, 0.3) is 0 Å². The molecule has 0 saturated heterocycles. The maximum absolute atomic E-state index is 12.4. The van der Waals surface area contributed by atoms with Gasteiger partial charge in [-0.05, 0) is 6.07 Å². The van der Waals surface area contributed by atoms with Gasteiger partial charge >= 0.3 is 18.3 Å². The molecule has 0 unspecified atom stereocenters. The summed E-state index contributed by atoms with van der Waals surface area (Å²) < 4.78 is 78.0. The van der Waals surface area contributed by atoms with E-state index in [0.29, 0.717) is 0 Å². The van der Waals surface area contributed by atoms with Gasteiger partial charge in [0, 0.05) is 17.7 Å². The van der Waals surface area contributed by atoms with E-state index < -0.39 is 46.2 Å². The van der Waals surface area contributed by atoms with Gasteiger partial charge < -0.3 is 9.84 Å². The SMILES string of the molecule is O=C(OCc1ccc([N+](=O)[O-])cc1Cl)C([O-])(C(F)(F)F)C(F)(F)F. The second kappa shape index (κ2) is 6.43. The third-order valence-electron chi connectivity index (χ3n) is 2.69. The standard InChI is InChI=1S/C11H5ClF6NO5/c12-7-3-6(19(22)23)2-1-5(7)4-24-8(20)9(21,10(13,14)15)11(16,17)18/h1-3H,4H2/q-1. The molecule has 1 aromatic carbocycles. The Hall–Kier alpha value is -2.08. The number of rotatable bonds is 4. The number of ether oxygens (including phenoxy) is 1. The zero-order valence-electron chi connectivity index (χ0n) is 11.1. The van der Waals surface area contributed by atoms with E-state index in [1.54, 1.807) is 0 Å². The van der Waals surface area contributed by atoms with E-state index in [9.17, 15) is 46.4 Å². The molecule has 0 aromatic heterocycles. The minimum Gasteiger partial charge on any atom is -0.828 e. The third-order valence-corrected chi connectivity index (χ3v) is 3.04. The monoisotopic (exact) mass is 380 g/mol. The highest BCUT2D eigenvalue weighted by molar-refractivity contribution is 6.31. The van der Waals surface area contributed by atoms with Crippen LogP contribution in [0.2, 0.25) is 5.02 Å². The lowest BCUT2D eigenvalue weighted by molar-refractivity contribution is -0.574. The summed E-state index contributed by atoms with van der Waals surface area (Å²) in [6, 6.07) is 2.41. The number of halogens is 7. The van der Waals surface area contributed by atoms with Gasteiger partial charge in [0.15, 0.2) is 5.60 Å². The summed E-state index contributed by atoms with van der Waals surface area (Å²) in [6.45, 7) is -1.22. The highest BCUT2D eigenvalue weighted by atomic mass is 35.5. The highest BCUT2D eigenvalue weighted by Gasteiger charge is 2.68. The maximum Gasteiger partial charge on any atom is 0.399 e. The van der Waals surface area contributed by atoms with Crippen LogP contribution in [-0.2, 0) is 16.1 Å². The third kappa shape index (κ3) is 3.70. The van der Waals surface area contributed by atoms with Gasteiger partial charge in [0.05, 0.1) is 9.95 Å². The summed E-state index contributed by atoms with van der Waals surface area (Å²) in [5.74, 6) is -3.11. The Kier molecular flexibility index (Phi) is 5.35. The van der Waals surface area contributed by atoms with Gasteiger partial charge in [0.25, 0.3) is 5.69 Å². The lowest BCUT2D eigenvalue weighted by Crippen LogP contribution is -2.71. The molecule has 6 nitrogen and oxygen atoms in total. The van der Waals surface area contributed by atoms with E-state index >= 15 is 0 Å². The summed E-state index contributed by atoms with van der Waals surface area (Å²) >= 11 is 5.53. The van der Waals surface area contributed by atoms with Crippen molar-refractivity contribution in [1.82, 2.24) is 0 Å². The Labute approximate surface area is 133 Å². The fraction of sp³-hybridized carbons (Fsp3) is 0.364. The fourth-order valence-corrected chi connectivity index (χ4v) is 1.63. The van der Waals surface area contributed by atoms with Gasteiger partial charge in [-0.3, -0.25) is 14.9 Å². The first-order valence-electron chi connectivity index (χ1n) is 5.65. The summed E-state index contributed by atoms with van der Waals surface area (Å²) in [5.41, 5.74) is -6.81. The number of benzene rings is 1. The van der Waals surface area contributed by atoms with Crippen molar-refractivity contribution in [2.24, 2.45) is 0 Å². The van der Waals surface area contributed by atoms with Crippen molar-refractivity contribution in [3.8, 4) is 0 Å². The number of nitro benzene ring substituents is 1. The smallest absolute Gasteiger partial charge is 0.399 e. The molecular formula is C11H5ClF6NO5-. The molecule has 0 bridgehead atoms. The first-order valence-corrected chi connectivity index (χ1v) is 6.03. The summed E-state index contributed by atoms with van der Waals surface area (Å²) in [5, 5.41) is 21.0. The zero-order valence-corrected chi connectivity index (χ0v) is 11.8. The molecule has 134 valence electrons. The molecule has 0 radical (unpaired) electrons. The van der Waals surface area contributed by atoms with Gasteiger partial charge in [-0.2, -0.15) is 26.3 Å². The number of non-ortho nitro benzene ring substituents is 1. The number of esters is 1. The van der Waals surface area contributed by atoms with E-state index in [4.69, 9.17) is 11.6 Å². The predicted octanol–water partition coefficient (Wildman–Crippen LogP) is 2.52. The van der Waals surface area contributed by atoms with Crippen molar-refractivity contribution in [1.29, 1.82) is 0 Å². The van der Waals surface area contributed by atoms with Crippen molar-refractivity contribution < 1.29 is 45.9 Å². The Morgan fingerprint density at radius 3 is 2.04 bits per heavy atom. The number of hydrogen-bond acceptors (Lipinski definition) is 5. The zero-order chi connectivity index (χ0) is 18.9. The molecule has 13 heteroatoms. The average Bonchev–Trinajstić information content (AvgIpc) is 2.41. The Balaban J connectivity index is 3.01.